The summed E-state index contributed by atoms with van der Waals surface area (Å²) in [6.07, 6.45) is 2.26. The van der Waals surface area contributed by atoms with Crippen LogP contribution in [0.15, 0.2) is 35.5 Å². The molecule has 48 valence electrons. The predicted molar refractivity (Wildman–Crippen MR) is 33.9 cm³/mol. The summed E-state index contributed by atoms with van der Waals surface area (Å²) in [5.74, 6) is 0.532. The lowest BCUT2D eigenvalue weighted by atomic mass is 10.3. The molecule has 0 aliphatic heterocycles. The highest BCUT2D eigenvalue weighted by Crippen LogP contribution is 2.12. The number of aliphatic hydroxyl groups excluding tert-OH is 1. The first-order chi connectivity index (χ1) is 4.34. The molecular weight excluding hydrogens is 116 g/mol. The van der Waals surface area contributed by atoms with E-state index >= 15 is 0 Å². The van der Waals surface area contributed by atoms with E-state index in [0.29, 0.717) is 5.76 Å². The minimum Gasteiger partial charge on any atom is -0.466 e. The van der Waals surface area contributed by atoms with Crippen molar-refractivity contribution < 1.29 is 9.52 Å². The molecule has 1 aromatic rings. The molecule has 0 unspecified atom stereocenters. The van der Waals surface area contributed by atoms with Crippen LogP contribution in [0, 0.1) is 0 Å². The minimum absolute atomic E-state index is 0.532. The van der Waals surface area contributed by atoms with Gasteiger partial charge in [-0.05, 0) is 12.1 Å². The van der Waals surface area contributed by atoms with Gasteiger partial charge in [0.05, 0.1) is 6.26 Å². The second-order valence-electron chi connectivity index (χ2n) is 1.70. The van der Waals surface area contributed by atoms with E-state index in [2.05, 4.69) is 6.58 Å². The van der Waals surface area contributed by atoms with E-state index < -0.39 is 6.10 Å². The largest absolute Gasteiger partial charge is 0.466 e. The van der Waals surface area contributed by atoms with E-state index in [4.69, 9.17) is 9.52 Å². The topological polar surface area (TPSA) is 33.4 Å². The Kier molecular flexibility index (Phi) is 1.70. The summed E-state index contributed by atoms with van der Waals surface area (Å²) in [5.41, 5.74) is 0. The van der Waals surface area contributed by atoms with Gasteiger partial charge in [-0.1, -0.05) is 6.08 Å². The zero-order valence-corrected chi connectivity index (χ0v) is 4.95. The van der Waals surface area contributed by atoms with Gasteiger partial charge < -0.3 is 9.52 Å². The van der Waals surface area contributed by atoms with Crippen LogP contribution < -0.4 is 0 Å². The van der Waals surface area contributed by atoms with Gasteiger partial charge in [-0.15, -0.1) is 6.58 Å². The Labute approximate surface area is 53.4 Å². The molecule has 1 atom stereocenters. The van der Waals surface area contributed by atoms with Gasteiger partial charge >= 0.3 is 0 Å². The molecule has 0 fully saturated rings. The zero-order chi connectivity index (χ0) is 6.69. The van der Waals surface area contributed by atoms with E-state index in [-0.39, 0.29) is 0 Å². The average Bonchev–Trinajstić information content (AvgIpc) is 2.37. The van der Waals surface area contributed by atoms with Crippen LogP contribution in [0.1, 0.15) is 11.9 Å². The number of rotatable bonds is 2. The first-order valence-corrected chi connectivity index (χ1v) is 2.68. The highest BCUT2D eigenvalue weighted by molar-refractivity contribution is 5.06. The van der Waals surface area contributed by atoms with Gasteiger partial charge in [-0.2, -0.15) is 0 Å². The fourth-order valence-corrected chi connectivity index (χ4v) is 0.576. The van der Waals surface area contributed by atoms with Gasteiger partial charge in [-0.25, -0.2) is 0 Å². The maximum atomic E-state index is 9.01. The number of hydrogen-bond donors (Lipinski definition) is 1. The predicted octanol–water partition coefficient (Wildman–Crippen LogP) is 1.50. The number of furan rings is 1. The lowest BCUT2D eigenvalue weighted by Gasteiger charge is -1.96. The smallest absolute Gasteiger partial charge is 0.136 e. The number of hydrogen-bond acceptors (Lipinski definition) is 2. The second kappa shape index (κ2) is 2.51. The van der Waals surface area contributed by atoms with Gasteiger partial charge in [-0.3, -0.25) is 0 Å². The Hall–Kier alpha value is -1.02. The van der Waals surface area contributed by atoms with Crippen LogP contribution in [-0.2, 0) is 0 Å². The zero-order valence-electron chi connectivity index (χ0n) is 4.95. The third kappa shape index (κ3) is 1.21. The molecule has 2 nitrogen and oxygen atoms in total. The van der Waals surface area contributed by atoms with Crippen LogP contribution in [0.4, 0.5) is 0 Å². The summed E-state index contributed by atoms with van der Waals surface area (Å²) in [4.78, 5) is 0. The van der Waals surface area contributed by atoms with Crippen LogP contribution in [-0.4, -0.2) is 5.11 Å². The van der Waals surface area contributed by atoms with Crippen molar-refractivity contribution in [2.45, 2.75) is 6.10 Å². The Morgan fingerprint density at radius 2 is 2.56 bits per heavy atom. The molecular formula is C7H8O2. The molecule has 0 amide bonds. The fraction of sp³-hybridized carbons (Fsp3) is 0.143. The summed E-state index contributed by atoms with van der Waals surface area (Å²) in [7, 11) is 0. The second-order valence-corrected chi connectivity index (χ2v) is 1.70. The maximum Gasteiger partial charge on any atom is 0.136 e. The van der Waals surface area contributed by atoms with Gasteiger partial charge in [0.1, 0.15) is 11.9 Å². The SMILES string of the molecule is C=C[C@H](O)c1ccco1. The Balaban J connectivity index is 2.76. The molecule has 1 heterocycles. The molecule has 9 heavy (non-hydrogen) atoms. The lowest BCUT2D eigenvalue weighted by Crippen LogP contribution is -1.87. The molecule has 0 radical (unpaired) electrons. The minimum atomic E-state index is -0.667. The van der Waals surface area contributed by atoms with Crippen molar-refractivity contribution in [2.24, 2.45) is 0 Å². The third-order valence-corrected chi connectivity index (χ3v) is 1.06. The molecule has 0 spiro atoms. The average molecular weight is 124 g/mol. The van der Waals surface area contributed by atoms with E-state index in [1.165, 1.54) is 12.3 Å². The van der Waals surface area contributed by atoms with Crippen LogP contribution >= 0.6 is 0 Å². The molecule has 0 aromatic carbocycles. The van der Waals surface area contributed by atoms with E-state index in [9.17, 15) is 0 Å². The molecule has 0 aliphatic carbocycles. The van der Waals surface area contributed by atoms with Crippen molar-refractivity contribution in [1.29, 1.82) is 0 Å². The quantitative estimate of drug-likeness (QED) is 0.606. The number of aliphatic hydroxyl groups is 1. The maximum absolute atomic E-state index is 9.01. The van der Waals surface area contributed by atoms with Gasteiger partial charge in [0.25, 0.3) is 0 Å². The highest BCUT2D eigenvalue weighted by Gasteiger charge is 2.02. The molecule has 1 N–H and O–H groups in total. The van der Waals surface area contributed by atoms with Crippen molar-refractivity contribution in [3.63, 3.8) is 0 Å². The molecule has 2 heteroatoms. The Morgan fingerprint density at radius 3 is 3.00 bits per heavy atom. The standard InChI is InChI=1S/C7H8O2/c1-2-6(8)7-4-3-5-9-7/h2-6,8H,1H2/t6-/m0/s1. The van der Waals surface area contributed by atoms with Gasteiger partial charge in [0.2, 0.25) is 0 Å². The summed E-state index contributed by atoms with van der Waals surface area (Å²) >= 11 is 0. The van der Waals surface area contributed by atoms with Gasteiger partial charge in [0, 0.05) is 0 Å². The summed E-state index contributed by atoms with van der Waals surface area (Å²) in [6.45, 7) is 3.41. The fourth-order valence-electron chi connectivity index (χ4n) is 0.576. The van der Waals surface area contributed by atoms with Crippen molar-refractivity contribution in [3.05, 3.63) is 36.8 Å². The van der Waals surface area contributed by atoms with Gasteiger partial charge in [0.15, 0.2) is 0 Å². The van der Waals surface area contributed by atoms with Crippen molar-refractivity contribution >= 4 is 0 Å². The monoisotopic (exact) mass is 124 g/mol. The van der Waals surface area contributed by atoms with Crippen LogP contribution in [0.25, 0.3) is 0 Å². The molecule has 1 rings (SSSR count). The first-order valence-electron chi connectivity index (χ1n) is 2.68. The van der Waals surface area contributed by atoms with Crippen molar-refractivity contribution in [2.75, 3.05) is 0 Å². The van der Waals surface area contributed by atoms with Crippen LogP contribution in [0.2, 0.25) is 0 Å². The molecule has 0 bridgehead atoms. The van der Waals surface area contributed by atoms with Crippen LogP contribution in [0.3, 0.4) is 0 Å². The Bertz CT molecular complexity index is 177. The van der Waals surface area contributed by atoms with E-state index in [1.807, 2.05) is 0 Å². The molecule has 0 saturated carbocycles. The summed E-state index contributed by atoms with van der Waals surface area (Å²) < 4.78 is 4.86. The van der Waals surface area contributed by atoms with Crippen molar-refractivity contribution in [1.82, 2.24) is 0 Å². The van der Waals surface area contributed by atoms with E-state index in [1.54, 1.807) is 12.1 Å². The highest BCUT2D eigenvalue weighted by atomic mass is 16.4. The normalized spacial score (nSPS) is 13.0. The summed E-state index contributed by atoms with van der Waals surface area (Å²) in [6, 6.07) is 3.42. The van der Waals surface area contributed by atoms with Crippen molar-refractivity contribution in [3.8, 4) is 0 Å². The molecule has 0 saturated heterocycles. The molecule has 0 aliphatic rings. The third-order valence-electron chi connectivity index (χ3n) is 1.06. The lowest BCUT2D eigenvalue weighted by molar-refractivity contribution is 0.197. The molecule has 1 aromatic heterocycles. The van der Waals surface area contributed by atoms with Crippen LogP contribution in [0.5, 0.6) is 0 Å². The van der Waals surface area contributed by atoms with E-state index in [0.717, 1.165) is 0 Å². The Morgan fingerprint density at radius 1 is 1.78 bits per heavy atom. The summed E-state index contributed by atoms with van der Waals surface area (Å²) in [5, 5.41) is 9.01. The first kappa shape index (κ1) is 6.11.